The average Bonchev–Trinajstić information content (AvgIpc) is 2.84. The Balaban J connectivity index is 1.95. The molecule has 0 amide bonds. The van der Waals surface area contributed by atoms with Crippen molar-refractivity contribution in [1.82, 2.24) is 15.1 Å². The second-order valence-corrected chi connectivity index (χ2v) is 4.36. The largest absolute Gasteiger partial charge is 0.465 e. The number of aryl methyl sites for hydroxylation is 1. The van der Waals surface area contributed by atoms with Crippen molar-refractivity contribution in [3.05, 3.63) is 53.1 Å². The molecule has 106 valence electrons. The highest BCUT2D eigenvalue weighted by molar-refractivity contribution is 5.89. The van der Waals surface area contributed by atoms with Crippen LogP contribution >= 0.6 is 0 Å². The van der Waals surface area contributed by atoms with Crippen molar-refractivity contribution in [1.29, 1.82) is 0 Å². The van der Waals surface area contributed by atoms with E-state index in [1.165, 1.54) is 19.2 Å². The molecule has 1 heterocycles. The van der Waals surface area contributed by atoms with Gasteiger partial charge >= 0.3 is 5.97 Å². The first-order valence-electron chi connectivity index (χ1n) is 6.16. The monoisotopic (exact) mass is 277 g/mol. The van der Waals surface area contributed by atoms with Crippen molar-refractivity contribution < 1.29 is 13.9 Å². The second-order valence-electron chi connectivity index (χ2n) is 4.36. The van der Waals surface area contributed by atoms with E-state index < -0.39 is 11.8 Å². The highest BCUT2D eigenvalue weighted by Gasteiger charge is 2.12. The van der Waals surface area contributed by atoms with E-state index in [4.69, 9.17) is 0 Å². The molecule has 0 saturated heterocycles. The summed E-state index contributed by atoms with van der Waals surface area (Å²) in [5.74, 6) is -1.24. The molecular weight excluding hydrogens is 261 g/mol. The SMILES string of the molecule is COC(=O)c1ccc(CNCc2ccnn2C)cc1F. The van der Waals surface area contributed by atoms with Gasteiger partial charge in [0, 0.05) is 26.3 Å². The number of rotatable bonds is 5. The third-order valence-corrected chi connectivity index (χ3v) is 3.00. The van der Waals surface area contributed by atoms with Gasteiger partial charge in [-0.1, -0.05) is 6.07 Å². The number of hydrogen-bond acceptors (Lipinski definition) is 4. The second kappa shape index (κ2) is 6.29. The number of nitrogens with one attached hydrogen (secondary N) is 1. The van der Waals surface area contributed by atoms with Crippen molar-refractivity contribution in [2.75, 3.05) is 7.11 Å². The minimum absolute atomic E-state index is 0.0529. The van der Waals surface area contributed by atoms with E-state index in [9.17, 15) is 9.18 Å². The normalized spacial score (nSPS) is 10.6. The predicted molar refractivity (Wildman–Crippen MR) is 71.5 cm³/mol. The molecular formula is C14H16FN3O2. The molecule has 0 aliphatic heterocycles. The van der Waals surface area contributed by atoms with E-state index >= 15 is 0 Å². The fourth-order valence-electron chi connectivity index (χ4n) is 1.85. The van der Waals surface area contributed by atoms with Crippen LogP contribution in [0.5, 0.6) is 0 Å². The first-order chi connectivity index (χ1) is 9.61. The molecule has 6 heteroatoms. The van der Waals surface area contributed by atoms with E-state index in [-0.39, 0.29) is 5.56 Å². The molecule has 2 aromatic rings. The topological polar surface area (TPSA) is 56.1 Å². The number of hydrogen-bond donors (Lipinski definition) is 1. The zero-order valence-corrected chi connectivity index (χ0v) is 11.4. The number of methoxy groups -OCH3 is 1. The van der Waals surface area contributed by atoms with Crippen molar-refractivity contribution in [3.8, 4) is 0 Å². The predicted octanol–water partition coefficient (Wildman–Crippen LogP) is 1.64. The Morgan fingerprint density at radius 1 is 1.40 bits per heavy atom. The maximum Gasteiger partial charge on any atom is 0.340 e. The van der Waals surface area contributed by atoms with E-state index in [1.54, 1.807) is 16.9 Å². The molecule has 0 saturated carbocycles. The van der Waals surface area contributed by atoms with Crippen LogP contribution in [0.4, 0.5) is 4.39 Å². The van der Waals surface area contributed by atoms with Crippen molar-refractivity contribution in [2.45, 2.75) is 13.1 Å². The van der Waals surface area contributed by atoms with Crippen LogP contribution in [0.1, 0.15) is 21.6 Å². The highest BCUT2D eigenvalue weighted by Crippen LogP contribution is 2.11. The van der Waals surface area contributed by atoms with Gasteiger partial charge in [-0.3, -0.25) is 4.68 Å². The number of nitrogens with zero attached hydrogens (tertiary/aromatic N) is 2. The Labute approximate surface area is 116 Å². The summed E-state index contributed by atoms with van der Waals surface area (Å²) >= 11 is 0. The third kappa shape index (κ3) is 3.21. The summed E-state index contributed by atoms with van der Waals surface area (Å²) in [6.45, 7) is 1.14. The Bertz CT molecular complexity index is 610. The van der Waals surface area contributed by atoms with Crippen LogP contribution in [-0.2, 0) is 24.9 Å². The van der Waals surface area contributed by atoms with Gasteiger partial charge in [-0.25, -0.2) is 9.18 Å². The van der Waals surface area contributed by atoms with Crippen LogP contribution < -0.4 is 5.32 Å². The van der Waals surface area contributed by atoms with Crippen LogP contribution in [0.25, 0.3) is 0 Å². The van der Waals surface area contributed by atoms with E-state index in [2.05, 4.69) is 15.2 Å². The summed E-state index contributed by atoms with van der Waals surface area (Å²) in [6.07, 6.45) is 1.72. The smallest absolute Gasteiger partial charge is 0.340 e. The molecule has 1 N–H and O–H groups in total. The molecule has 0 aliphatic carbocycles. The summed E-state index contributed by atoms with van der Waals surface area (Å²) in [4.78, 5) is 11.3. The number of ether oxygens (including phenoxy) is 1. The molecule has 0 fully saturated rings. The minimum atomic E-state index is -0.670. The highest BCUT2D eigenvalue weighted by atomic mass is 19.1. The van der Waals surface area contributed by atoms with Crippen molar-refractivity contribution in [2.24, 2.45) is 7.05 Å². The fourth-order valence-corrected chi connectivity index (χ4v) is 1.85. The van der Waals surface area contributed by atoms with Gasteiger partial charge in [0.05, 0.1) is 18.4 Å². The van der Waals surface area contributed by atoms with Gasteiger partial charge in [-0.15, -0.1) is 0 Å². The zero-order valence-electron chi connectivity index (χ0n) is 11.4. The first kappa shape index (κ1) is 14.2. The summed E-state index contributed by atoms with van der Waals surface area (Å²) in [5, 5.41) is 7.25. The molecule has 0 bridgehead atoms. The molecule has 2 rings (SSSR count). The quantitative estimate of drug-likeness (QED) is 0.844. The summed E-state index contributed by atoms with van der Waals surface area (Å²) in [6, 6.07) is 6.38. The number of carbonyl (C=O) groups is 1. The van der Waals surface area contributed by atoms with Gasteiger partial charge in [0.25, 0.3) is 0 Å². The van der Waals surface area contributed by atoms with Crippen molar-refractivity contribution >= 4 is 5.97 Å². The van der Waals surface area contributed by atoms with Crippen LogP contribution in [-0.4, -0.2) is 22.9 Å². The maximum absolute atomic E-state index is 13.7. The molecule has 0 radical (unpaired) electrons. The number of aromatic nitrogens is 2. The molecule has 0 spiro atoms. The zero-order chi connectivity index (χ0) is 14.5. The Morgan fingerprint density at radius 2 is 2.20 bits per heavy atom. The van der Waals surface area contributed by atoms with Crippen LogP contribution in [0.15, 0.2) is 30.5 Å². The lowest BCUT2D eigenvalue weighted by Gasteiger charge is -2.07. The van der Waals surface area contributed by atoms with Crippen LogP contribution in [0, 0.1) is 5.82 Å². The minimum Gasteiger partial charge on any atom is -0.465 e. The number of carbonyl (C=O) groups excluding carboxylic acids is 1. The van der Waals surface area contributed by atoms with Gasteiger partial charge < -0.3 is 10.1 Å². The number of benzene rings is 1. The van der Waals surface area contributed by atoms with Crippen LogP contribution in [0.3, 0.4) is 0 Å². The Kier molecular flexibility index (Phi) is 4.47. The Morgan fingerprint density at radius 3 is 2.80 bits per heavy atom. The molecule has 5 nitrogen and oxygen atoms in total. The summed E-state index contributed by atoms with van der Waals surface area (Å²) in [7, 11) is 3.09. The lowest BCUT2D eigenvalue weighted by molar-refractivity contribution is 0.0595. The molecule has 0 atom stereocenters. The van der Waals surface area contributed by atoms with Crippen molar-refractivity contribution in [3.63, 3.8) is 0 Å². The lowest BCUT2D eigenvalue weighted by Crippen LogP contribution is -2.15. The van der Waals surface area contributed by atoms with E-state index in [0.717, 1.165) is 11.3 Å². The lowest BCUT2D eigenvalue weighted by atomic mass is 10.1. The maximum atomic E-state index is 13.7. The first-order valence-corrected chi connectivity index (χ1v) is 6.16. The van der Waals surface area contributed by atoms with Gasteiger partial charge in [-0.05, 0) is 23.8 Å². The van der Waals surface area contributed by atoms with Gasteiger partial charge in [-0.2, -0.15) is 5.10 Å². The van der Waals surface area contributed by atoms with Gasteiger partial charge in [0.1, 0.15) is 5.82 Å². The third-order valence-electron chi connectivity index (χ3n) is 3.00. The molecule has 20 heavy (non-hydrogen) atoms. The molecule has 1 aromatic heterocycles. The number of esters is 1. The number of halogens is 1. The molecule has 0 aliphatic rings. The summed E-state index contributed by atoms with van der Waals surface area (Å²) in [5.41, 5.74) is 1.75. The Hall–Kier alpha value is -2.21. The van der Waals surface area contributed by atoms with Crippen LogP contribution in [0.2, 0.25) is 0 Å². The fraction of sp³-hybridized carbons (Fsp3) is 0.286. The van der Waals surface area contributed by atoms with Gasteiger partial charge in [0.2, 0.25) is 0 Å². The standard InChI is InChI=1S/C14H16FN3O2/c1-18-11(5-6-17-18)9-16-8-10-3-4-12(13(15)7-10)14(19)20-2/h3-7,16H,8-9H2,1-2H3. The molecule has 0 unspecified atom stereocenters. The average molecular weight is 277 g/mol. The van der Waals surface area contributed by atoms with E-state index in [1.807, 2.05) is 13.1 Å². The summed E-state index contributed by atoms with van der Waals surface area (Å²) < 4.78 is 20.0. The molecule has 1 aromatic carbocycles. The van der Waals surface area contributed by atoms with Gasteiger partial charge in [0.15, 0.2) is 0 Å². The van der Waals surface area contributed by atoms with E-state index in [0.29, 0.717) is 13.1 Å².